The normalized spacial score (nSPS) is 12.2. The van der Waals surface area contributed by atoms with E-state index in [0.29, 0.717) is 17.2 Å². The van der Waals surface area contributed by atoms with Crippen LogP contribution in [-0.4, -0.2) is 17.2 Å². The van der Waals surface area contributed by atoms with Crippen LogP contribution in [0.3, 0.4) is 0 Å². The highest BCUT2D eigenvalue weighted by Gasteiger charge is 2.10. The molecule has 0 amide bonds. The third kappa shape index (κ3) is 3.69. The first-order valence-electron chi connectivity index (χ1n) is 6.11. The minimum Gasteiger partial charge on any atom is -0.495 e. The number of rotatable bonds is 5. The molecule has 19 heavy (non-hydrogen) atoms. The number of aryl methyl sites for hydroxylation is 1. The molecule has 2 rings (SSSR count). The summed E-state index contributed by atoms with van der Waals surface area (Å²) in [6.45, 7) is 0. The second kappa shape index (κ2) is 6.55. The molecular weight excluding hydrogens is 262 g/mol. The lowest BCUT2D eigenvalue weighted by molar-refractivity contribution is 0.167. The Bertz CT molecular complexity index is 531. The summed E-state index contributed by atoms with van der Waals surface area (Å²) in [5.74, 6) is 0.585. The minimum absolute atomic E-state index is 0.528. The van der Waals surface area contributed by atoms with Gasteiger partial charge < -0.3 is 9.84 Å². The average Bonchev–Trinajstić information content (AvgIpc) is 2.46. The van der Waals surface area contributed by atoms with E-state index >= 15 is 0 Å². The molecule has 0 radical (unpaired) electrons. The third-order valence-corrected chi connectivity index (χ3v) is 3.33. The Morgan fingerprint density at radius 3 is 2.68 bits per heavy atom. The lowest BCUT2D eigenvalue weighted by Crippen LogP contribution is -2.00. The average molecular weight is 278 g/mol. The summed E-state index contributed by atoms with van der Waals surface area (Å²) in [6.07, 6.45) is 4.43. The van der Waals surface area contributed by atoms with Crippen LogP contribution in [0.15, 0.2) is 42.7 Å². The van der Waals surface area contributed by atoms with E-state index < -0.39 is 6.10 Å². The molecule has 100 valence electrons. The molecule has 1 aromatic carbocycles. The highest BCUT2D eigenvalue weighted by atomic mass is 35.5. The lowest BCUT2D eigenvalue weighted by atomic mass is 10.0. The number of halogens is 1. The van der Waals surface area contributed by atoms with Crippen LogP contribution in [0.1, 0.15) is 23.7 Å². The number of ether oxygens (including phenoxy) is 1. The maximum atomic E-state index is 10.2. The summed E-state index contributed by atoms with van der Waals surface area (Å²) in [5, 5.41) is 10.7. The molecule has 1 unspecified atom stereocenters. The summed E-state index contributed by atoms with van der Waals surface area (Å²) in [6, 6.07) is 9.25. The van der Waals surface area contributed by atoms with Gasteiger partial charge in [0.05, 0.1) is 18.2 Å². The molecule has 0 saturated carbocycles. The minimum atomic E-state index is -0.528. The summed E-state index contributed by atoms with van der Waals surface area (Å²) in [4.78, 5) is 3.97. The van der Waals surface area contributed by atoms with Crippen LogP contribution < -0.4 is 4.74 Å². The third-order valence-electron chi connectivity index (χ3n) is 3.02. The maximum absolute atomic E-state index is 10.2. The number of aliphatic hydroxyl groups is 1. The van der Waals surface area contributed by atoms with Gasteiger partial charge in [-0.2, -0.15) is 0 Å². The Morgan fingerprint density at radius 2 is 2.00 bits per heavy atom. The van der Waals surface area contributed by atoms with Gasteiger partial charge in [0, 0.05) is 12.4 Å². The second-order valence-corrected chi connectivity index (χ2v) is 4.71. The summed E-state index contributed by atoms with van der Waals surface area (Å²) >= 11 is 5.96. The second-order valence-electron chi connectivity index (χ2n) is 4.30. The Labute approximate surface area is 117 Å². The largest absolute Gasteiger partial charge is 0.495 e. The van der Waals surface area contributed by atoms with Gasteiger partial charge in [-0.3, -0.25) is 4.98 Å². The van der Waals surface area contributed by atoms with E-state index in [9.17, 15) is 5.11 Å². The van der Waals surface area contributed by atoms with Gasteiger partial charge >= 0.3 is 0 Å². The number of aliphatic hydroxyl groups excluding tert-OH is 1. The molecule has 4 heteroatoms. The number of methoxy groups -OCH3 is 1. The first-order valence-corrected chi connectivity index (χ1v) is 6.49. The fraction of sp³-hybridized carbons (Fsp3) is 0.267. The van der Waals surface area contributed by atoms with Gasteiger partial charge in [-0.1, -0.05) is 17.7 Å². The molecule has 1 aromatic heterocycles. The van der Waals surface area contributed by atoms with Gasteiger partial charge in [0.25, 0.3) is 0 Å². The molecule has 0 saturated heterocycles. The molecule has 0 bridgehead atoms. The molecule has 1 N–H and O–H groups in total. The van der Waals surface area contributed by atoms with Crippen molar-refractivity contribution in [2.45, 2.75) is 18.9 Å². The zero-order valence-corrected chi connectivity index (χ0v) is 11.5. The van der Waals surface area contributed by atoms with E-state index in [0.717, 1.165) is 17.5 Å². The molecule has 0 aliphatic carbocycles. The van der Waals surface area contributed by atoms with Gasteiger partial charge in [0.1, 0.15) is 5.75 Å². The number of aromatic nitrogens is 1. The van der Waals surface area contributed by atoms with Crippen LogP contribution in [0.4, 0.5) is 0 Å². The summed E-state index contributed by atoms with van der Waals surface area (Å²) < 4.78 is 5.15. The Morgan fingerprint density at radius 1 is 1.26 bits per heavy atom. The van der Waals surface area contributed by atoms with Crippen molar-refractivity contribution in [3.05, 3.63) is 58.9 Å². The van der Waals surface area contributed by atoms with Gasteiger partial charge in [0.2, 0.25) is 0 Å². The maximum Gasteiger partial charge on any atom is 0.137 e. The number of benzene rings is 1. The van der Waals surface area contributed by atoms with Crippen molar-refractivity contribution in [2.75, 3.05) is 7.11 Å². The number of nitrogens with zero attached hydrogens (tertiary/aromatic N) is 1. The number of hydrogen-bond donors (Lipinski definition) is 1. The van der Waals surface area contributed by atoms with Crippen LogP contribution in [0, 0.1) is 0 Å². The molecule has 0 aliphatic heterocycles. The van der Waals surface area contributed by atoms with E-state index in [2.05, 4.69) is 4.98 Å². The smallest absolute Gasteiger partial charge is 0.137 e. The Kier molecular flexibility index (Phi) is 4.77. The van der Waals surface area contributed by atoms with Gasteiger partial charge in [-0.05, 0) is 48.2 Å². The van der Waals surface area contributed by atoms with Crippen LogP contribution in [0.2, 0.25) is 5.02 Å². The Balaban J connectivity index is 2.02. The highest BCUT2D eigenvalue weighted by molar-refractivity contribution is 6.32. The van der Waals surface area contributed by atoms with E-state index in [1.54, 1.807) is 31.6 Å². The molecular formula is C15H16ClNO2. The molecule has 3 nitrogen and oxygen atoms in total. The van der Waals surface area contributed by atoms with Crippen LogP contribution in [0.5, 0.6) is 5.75 Å². The van der Waals surface area contributed by atoms with E-state index in [4.69, 9.17) is 16.3 Å². The monoisotopic (exact) mass is 277 g/mol. The molecule has 2 aromatic rings. The van der Waals surface area contributed by atoms with Gasteiger partial charge in [0.15, 0.2) is 0 Å². The molecule has 1 heterocycles. The fourth-order valence-corrected chi connectivity index (χ4v) is 2.10. The standard InChI is InChI=1S/C15H16ClNO2/c1-19-15-10-12(3-4-13(15)16)14(18)5-2-11-6-8-17-9-7-11/h3-4,6-10,14,18H,2,5H2,1H3. The lowest BCUT2D eigenvalue weighted by Gasteiger charge is -2.13. The molecule has 0 spiro atoms. The highest BCUT2D eigenvalue weighted by Crippen LogP contribution is 2.29. The van der Waals surface area contributed by atoms with Crippen molar-refractivity contribution in [1.82, 2.24) is 4.98 Å². The van der Waals surface area contributed by atoms with Crippen LogP contribution in [-0.2, 0) is 6.42 Å². The Hall–Kier alpha value is -1.58. The van der Waals surface area contributed by atoms with Gasteiger partial charge in [-0.15, -0.1) is 0 Å². The first kappa shape index (κ1) is 13.8. The van der Waals surface area contributed by atoms with Crippen LogP contribution >= 0.6 is 11.6 Å². The summed E-state index contributed by atoms with van der Waals surface area (Å²) in [5.41, 5.74) is 1.98. The van der Waals surface area contributed by atoms with Crippen molar-refractivity contribution in [1.29, 1.82) is 0 Å². The van der Waals surface area contributed by atoms with E-state index in [1.807, 2.05) is 18.2 Å². The SMILES string of the molecule is COc1cc(C(O)CCc2ccncc2)ccc1Cl. The van der Waals surface area contributed by atoms with Crippen molar-refractivity contribution in [2.24, 2.45) is 0 Å². The molecule has 1 atom stereocenters. The number of hydrogen-bond acceptors (Lipinski definition) is 3. The van der Waals surface area contributed by atoms with E-state index in [-0.39, 0.29) is 0 Å². The first-order chi connectivity index (χ1) is 9.20. The molecule has 0 aliphatic rings. The predicted octanol–water partition coefficient (Wildman–Crippen LogP) is 3.41. The zero-order valence-electron chi connectivity index (χ0n) is 10.7. The predicted molar refractivity (Wildman–Crippen MR) is 75.5 cm³/mol. The van der Waals surface area contributed by atoms with Crippen molar-refractivity contribution in [3.63, 3.8) is 0 Å². The topological polar surface area (TPSA) is 42.4 Å². The number of pyridine rings is 1. The van der Waals surface area contributed by atoms with Crippen molar-refractivity contribution in [3.8, 4) is 5.75 Å². The van der Waals surface area contributed by atoms with Crippen molar-refractivity contribution < 1.29 is 9.84 Å². The summed E-state index contributed by atoms with van der Waals surface area (Å²) in [7, 11) is 1.56. The van der Waals surface area contributed by atoms with E-state index in [1.165, 1.54) is 0 Å². The van der Waals surface area contributed by atoms with Gasteiger partial charge in [-0.25, -0.2) is 0 Å². The van der Waals surface area contributed by atoms with Crippen molar-refractivity contribution >= 4 is 11.6 Å². The van der Waals surface area contributed by atoms with Crippen LogP contribution in [0.25, 0.3) is 0 Å². The zero-order chi connectivity index (χ0) is 13.7. The quantitative estimate of drug-likeness (QED) is 0.911. The fourth-order valence-electron chi connectivity index (χ4n) is 1.90. The molecule has 0 fully saturated rings.